The molecule has 1 unspecified atom stereocenters. The quantitative estimate of drug-likeness (QED) is 0.446. The number of methoxy groups -OCH3 is 1. The number of anilines is 1. The van der Waals surface area contributed by atoms with Gasteiger partial charge in [-0.25, -0.2) is 0 Å². The number of rotatable bonds is 5. The fraction of sp³-hybridized carbons (Fsp3) is 0.231. The van der Waals surface area contributed by atoms with E-state index in [0.29, 0.717) is 21.3 Å². The van der Waals surface area contributed by atoms with Crippen molar-refractivity contribution in [1.29, 1.82) is 0 Å². The van der Waals surface area contributed by atoms with Crippen LogP contribution in [-0.2, 0) is 9.59 Å². The molecule has 7 heteroatoms. The zero-order valence-corrected chi connectivity index (χ0v) is 20.3. The predicted molar refractivity (Wildman–Crippen MR) is 132 cm³/mol. The zero-order valence-electron chi connectivity index (χ0n) is 18.8. The number of amides is 1. The number of thiophene rings is 1. The summed E-state index contributed by atoms with van der Waals surface area (Å²) in [6.45, 7) is 5.30. The number of halogens is 1. The lowest BCUT2D eigenvalue weighted by atomic mass is 9.82. The Morgan fingerprint density at radius 1 is 1.09 bits per heavy atom. The van der Waals surface area contributed by atoms with Crippen LogP contribution in [0.15, 0.2) is 71.3 Å². The van der Waals surface area contributed by atoms with Crippen LogP contribution in [0.3, 0.4) is 0 Å². The van der Waals surface area contributed by atoms with Crippen molar-refractivity contribution in [1.82, 2.24) is 0 Å². The van der Waals surface area contributed by atoms with Gasteiger partial charge in [-0.05, 0) is 35.2 Å². The summed E-state index contributed by atoms with van der Waals surface area (Å²) in [7, 11) is 1.54. The summed E-state index contributed by atoms with van der Waals surface area (Å²) in [4.78, 5) is 28.1. The van der Waals surface area contributed by atoms with Gasteiger partial charge in [-0.2, -0.15) is 0 Å². The zero-order chi connectivity index (χ0) is 23.9. The van der Waals surface area contributed by atoms with E-state index in [4.69, 9.17) is 16.3 Å². The molecule has 1 aliphatic heterocycles. The molecule has 1 N–H and O–H groups in total. The molecular weight excluding hydrogens is 458 g/mol. The van der Waals surface area contributed by atoms with Gasteiger partial charge in [-0.1, -0.05) is 62.7 Å². The maximum Gasteiger partial charge on any atom is 0.294 e. The van der Waals surface area contributed by atoms with E-state index in [2.05, 4.69) is 0 Å². The molecule has 4 rings (SSSR count). The maximum absolute atomic E-state index is 13.4. The highest BCUT2D eigenvalue weighted by Crippen LogP contribution is 2.46. The lowest BCUT2D eigenvalue weighted by Gasteiger charge is -2.30. The van der Waals surface area contributed by atoms with E-state index < -0.39 is 23.1 Å². The minimum Gasteiger partial charge on any atom is -0.503 e. The van der Waals surface area contributed by atoms with Gasteiger partial charge in [0.1, 0.15) is 10.1 Å². The smallest absolute Gasteiger partial charge is 0.294 e. The Morgan fingerprint density at radius 3 is 2.33 bits per heavy atom. The first-order valence-corrected chi connectivity index (χ1v) is 11.7. The van der Waals surface area contributed by atoms with Crippen molar-refractivity contribution in [2.75, 3.05) is 12.0 Å². The molecule has 0 fully saturated rings. The van der Waals surface area contributed by atoms with Crippen LogP contribution >= 0.6 is 22.9 Å². The lowest BCUT2D eigenvalue weighted by Crippen LogP contribution is -2.33. The Morgan fingerprint density at radius 2 is 1.76 bits per heavy atom. The van der Waals surface area contributed by atoms with Gasteiger partial charge in [0, 0.05) is 22.2 Å². The second-order valence-electron chi connectivity index (χ2n) is 8.82. The molecule has 0 aliphatic carbocycles. The van der Waals surface area contributed by atoms with Crippen molar-refractivity contribution < 1.29 is 19.4 Å². The van der Waals surface area contributed by atoms with Gasteiger partial charge in [0.25, 0.3) is 5.91 Å². The fourth-order valence-corrected chi connectivity index (χ4v) is 4.96. The van der Waals surface area contributed by atoms with Crippen LogP contribution in [0.2, 0.25) is 4.34 Å². The SMILES string of the molecule is COc1ccccc1C1C(C(=O)C(C)(C)C)=C(O)C(=O)N1c1ccc(-c2ccsc2Cl)cc1. The van der Waals surface area contributed by atoms with Crippen molar-refractivity contribution >= 4 is 40.3 Å². The molecule has 2 aromatic carbocycles. The largest absolute Gasteiger partial charge is 0.503 e. The average Bonchev–Trinajstić information content (AvgIpc) is 3.33. The van der Waals surface area contributed by atoms with Gasteiger partial charge >= 0.3 is 0 Å². The van der Waals surface area contributed by atoms with E-state index in [9.17, 15) is 14.7 Å². The van der Waals surface area contributed by atoms with Crippen LogP contribution in [0.5, 0.6) is 5.75 Å². The number of carbonyl (C=O) groups excluding carboxylic acids is 2. The van der Waals surface area contributed by atoms with E-state index in [0.717, 1.165) is 11.1 Å². The molecule has 3 aromatic rings. The van der Waals surface area contributed by atoms with Crippen LogP contribution in [-0.4, -0.2) is 23.9 Å². The summed E-state index contributed by atoms with van der Waals surface area (Å²) in [5.74, 6) is -0.931. The number of ether oxygens (including phenoxy) is 1. The summed E-state index contributed by atoms with van der Waals surface area (Å²) in [6.07, 6.45) is 0. The average molecular weight is 482 g/mol. The Balaban J connectivity index is 1.86. The minimum atomic E-state index is -0.823. The number of ketones is 1. The van der Waals surface area contributed by atoms with Crippen molar-refractivity contribution in [2.45, 2.75) is 26.8 Å². The molecule has 5 nitrogen and oxygen atoms in total. The number of Topliss-reactive ketones (excluding diaryl/α,β-unsaturated/α-hetero) is 1. The molecule has 0 saturated carbocycles. The number of nitrogens with zero attached hydrogens (tertiary/aromatic N) is 1. The standard InChI is InChI=1S/C26H24ClNO4S/c1-26(2,3)23(30)20-21(18-7-5-6-8-19(18)32-4)28(25(31)22(20)29)16-11-9-15(10-12-16)17-13-14-33-24(17)27/h5-14,21,29H,1-4H3. The first-order chi connectivity index (χ1) is 15.6. The molecular formula is C26H24ClNO4S. The van der Waals surface area contributed by atoms with Gasteiger partial charge in [-0.15, -0.1) is 11.3 Å². The molecule has 0 spiro atoms. The molecule has 170 valence electrons. The summed E-state index contributed by atoms with van der Waals surface area (Å²) in [5, 5.41) is 12.8. The molecule has 0 saturated heterocycles. The highest BCUT2D eigenvalue weighted by Gasteiger charge is 2.47. The molecule has 2 heterocycles. The van der Waals surface area contributed by atoms with E-state index in [1.54, 1.807) is 45.0 Å². The summed E-state index contributed by atoms with van der Waals surface area (Å²) >= 11 is 7.73. The predicted octanol–water partition coefficient (Wildman–Crippen LogP) is 6.59. The summed E-state index contributed by atoms with van der Waals surface area (Å²) < 4.78 is 6.22. The number of carbonyl (C=O) groups is 2. The molecule has 1 aliphatic rings. The number of aliphatic hydroxyl groups excluding tert-OH is 1. The minimum absolute atomic E-state index is 0.0713. The number of hydrogen-bond acceptors (Lipinski definition) is 5. The van der Waals surface area contributed by atoms with Crippen LogP contribution in [0.1, 0.15) is 32.4 Å². The molecule has 1 atom stereocenters. The van der Waals surface area contributed by atoms with E-state index in [-0.39, 0.29) is 11.4 Å². The number of hydrogen-bond donors (Lipinski definition) is 1. The van der Waals surface area contributed by atoms with E-state index >= 15 is 0 Å². The Kier molecular flexibility index (Phi) is 6.08. The first-order valence-electron chi connectivity index (χ1n) is 10.4. The summed E-state index contributed by atoms with van der Waals surface area (Å²) in [6, 6.07) is 15.7. The topological polar surface area (TPSA) is 66.8 Å². The third-order valence-corrected chi connectivity index (χ3v) is 6.81. The highest BCUT2D eigenvalue weighted by atomic mass is 35.5. The third kappa shape index (κ3) is 4.05. The van der Waals surface area contributed by atoms with E-state index in [1.807, 2.05) is 35.7 Å². The lowest BCUT2D eigenvalue weighted by molar-refractivity contribution is -0.123. The normalized spacial score (nSPS) is 16.5. The van der Waals surface area contributed by atoms with Gasteiger partial charge in [-0.3, -0.25) is 14.5 Å². The van der Waals surface area contributed by atoms with Crippen molar-refractivity contribution in [3.8, 4) is 16.9 Å². The van der Waals surface area contributed by atoms with Crippen molar-refractivity contribution in [3.63, 3.8) is 0 Å². The van der Waals surface area contributed by atoms with Gasteiger partial charge in [0.2, 0.25) is 0 Å². The second kappa shape index (κ2) is 8.69. The summed E-state index contributed by atoms with van der Waals surface area (Å²) in [5.41, 5.74) is 2.27. The molecule has 0 bridgehead atoms. The maximum atomic E-state index is 13.4. The number of para-hydroxylation sites is 1. The van der Waals surface area contributed by atoms with Crippen LogP contribution < -0.4 is 9.64 Å². The van der Waals surface area contributed by atoms with Crippen LogP contribution in [0.25, 0.3) is 11.1 Å². The van der Waals surface area contributed by atoms with Gasteiger partial charge < -0.3 is 9.84 Å². The van der Waals surface area contributed by atoms with E-state index in [1.165, 1.54) is 23.3 Å². The Labute approximate surface area is 201 Å². The van der Waals surface area contributed by atoms with Crippen LogP contribution in [0, 0.1) is 5.41 Å². The highest BCUT2D eigenvalue weighted by molar-refractivity contribution is 7.15. The van der Waals surface area contributed by atoms with Crippen molar-refractivity contribution in [3.05, 3.63) is 81.2 Å². The monoisotopic (exact) mass is 481 g/mol. The van der Waals surface area contributed by atoms with Gasteiger partial charge in [0.15, 0.2) is 11.5 Å². The number of benzene rings is 2. The Bertz CT molecular complexity index is 1250. The Hall–Kier alpha value is -3.09. The second-order valence-corrected chi connectivity index (χ2v) is 10.3. The molecule has 1 amide bonds. The van der Waals surface area contributed by atoms with Gasteiger partial charge in [0.05, 0.1) is 18.7 Å². The first kappa shape index (κ1) is 23.1. The van der Waals surface area contributed by atoms with Crippen molar-refractivity contribution in [2.24, 2.45) is 5.41 Å². The third-order valence-electron chi connectivity index (χ3n) is 5.64. The number of aliphatic hydroxyl groups is 1. The molecule has 1 aromatic heterocycles. The van der Waals surface area contributed by atoms with Crippen LogP contribution in [0.4, 0.5) is 5.69 Å². The molecule has 33 heavy (non-hydrogen) atoms. The fourth-order valence-electron chi connectivity index (χ4n) is 4.00. The molecule has 0 radical (unpaired) electrons.